The van der Waals surface area contributed by atoms with Gasteiger partial charge in [0.25, 0.3) is 0 Å². The van der Waals surface area contributed by atoms with Crippen molar-refractivity contribution in [2.24, 2.45) is 0 Å². The molecule has 1 amide bonds. The van der Waals surface area contributed by atoms with Crippen LogP contribution in [0.25, 0.3) is 11.4 Å². The van der Waals surface area contributed by atoms with Crippen molar-refractivity contribution in [3.05, 3.63) is 70.9 Å². The van der Waals surface area contributed by atoms with Crippen LogP contribution in [0.5, 0.6) is 0 Å². The molecular weight excluding hydrogens is 433 g/mol. The lowest BCUT2D eigenvalue weighted by Gasteiger charge is -2.32. The van der Waals surface area contributed by atoms with Gasteiger partial charge in [0.2, 0.25) is 17.6 Å². The first-order valence-electron chi connectivity index (χ1n) is 10.9. The molecule has 1 aliphatic heterocycles. The number of piperidine rings is 1. The molecule has 0 aliphatic carbocycles. The average molecular weight is 458 g/mol. The van der Waals surface area contributed by atoms with E-state index in [1.54, 1.807) is 25.1 Å². The number of carbonyl (C=O) groups is 1. The first-order chi connectivity index (χ1) is 15.9. The van der Waals surface area contributed by atoms with Gasteiger partial charge in [0.05, 0.1) is 0 Å². The van der Waals surface area contributed by atoms with E-state index < -0.39 is 11.6 Å². The summed E-state index contributed by atoms with van der Waals surface area (Å²) in [6.07, 6.45) is 2.05. The number of nitrogens with zero attached hydrogens (tertiary/aromatic N) is 3. The number of aromatic nitrogens is 2. The van der Waals surface area contributed by atoms with Crippen molar-refractivity contribution >= 4 is 5.91 Å². The Balaban J connectivity index is 1.20. The molecule has 2 heterocycles. The molecule has 1 aliphatic rings. The molecule has 3 aromatic rings. The fourth-order valence-corrected chi connectivity index (χ4v) is 3.86. The summed E-state index contributed by atoms with van der Waals surface area (Å²) in [5, 5.41) is 6.90. The number of rotatable bonds is 7. The number of carbonyl (C=O) groups excluding carboxylic acids is 1. The predicted octanol–water partition coefficient (Wildman–Crippen LogP) is 4.18. The maximum absolute atomic E-state index is 13.7. The first-order valence-corrected chi connectivity index (χ1v) is 10.9. The normalized spacial score (nSPS) is 15.0. The Hall–Kier alpha value is -3.20. The minimum Gasteiger partial charge on any atom is -0.353 e. The van der Waals surface area contributed by atoms with Crippen molar-refractivity contribution in [2.75, 3.05) is 13.1 Å². The molecule has 1 fully saturated rings. The van der Waals surface area contributed by atoms with Gasteiger partial charge in [-0.3, -0.25) is 9.69 Å². The maximum Gasteiger partial charge on any atom is 0.227 e. The van der Waals surface area contributed by atoms with Gasteiger partial charge in [0, 0.05) is 44.1 Å². The van der Waals surface area contributed by atoms with Crippen molar-refractivity contribution in [3.8, 4) is 11.4 Å². The van der Waals surface area contributed by atoms with E-state index in [1.807, 2.05) is 0 Å². The van der Waals surface area contributed by atoms with Crippen molar-refractivity contribution in [2.45, 2.75) is 45.2 Å². The number of halogens is 3. The Morgan fingerprint density at radius 1 is 1.09 bits per heavy atom. The molecule has 0 spiro atoms. The first kappa shape index (κ1) is 23.0. The van der Waals surface area contributed by atoms with E-state index in [2.05, 4.69) is 20.4 Å². The monoisotopic (exact) mass is 458 g/mol. The van der Waals surface area contributed by atoms with Crippen LogP contribution in [0, 0.1) is 24.4 Å². The second-order valence-electron chi connectivity index (χ2n) is 8.34. The molecule has 6 nitrogen and oxygen atoms in total. The zero-order valence-corrected chi connectivity index (χ0v) is 18.3. The van der Waals surface area contributed by atoms with Crippen molar-refractivity contribution in [1.29, 1.82) is 0 Å². The summed E-state index contributed by atoms with van der Waals surface area (Å²) in [4.78, 5) is 18.8. The summed E-state index contributed by atoms with van der Waals surface area (Å²) in [6.45, 7) is 3.73. The van der Waals surface area contributed by atoms with Crippen LogP contribution in [0.1, 0.15) is 36.3 Å². The van der Waals surface area contributed by atoms with Crippen LogP contribution in [-0.4, -0.2) is 40.1 Å². The van der Waals surface area contributed by atoms with E-state index in [9.17, 15) is 18.0 Å². The summed E-state index contributed by atoms with van der Waals surface area (Å²) >= 11 is 0. The molecule has 9 heteroatoms. The summed E-state index contributed by atoms with van der Waals surface area (Å²) in [5.74, 6) is -1.51. The van der Waals surface area contributed by atoms with Crippen LogP contribution < -0.4 is 5.32 Å². The second-order valence-corrected chi connectivity index (χ2v) is 8.34. The lowest BCUT2D eigenvalue weighted by Crippen LogP contribution is -2.44. The lowest BCUT2D eigenvalue weighted by molar-refractivity contribution is -0.122. The van der Waals surface area contributed by atoms with Gasteiger partial charge in [-0.1, -0.05) is 23.4 Å². The zero-order chi connectivity index (χ0) is 23.4. The number of likely N-dealkylation sites (tertiary alicyclic amines) is 1. The van der Waals surface area contributed by atoms with Crippen molar-refractivity contribution in [3.63, 3.8) is 0 Å². The van der Waals surface area contributed by atoms with Gasteiger partial charge in [-0.05, 0) is 49.1 Å². The standard InChI is InChI=1S/C24H25F3N4O2/c1-15-2-4-17(13-20(15)26)24-29-23(33-30-24)7-6-22(32)28-18-8-10-31(11-9-18)14-16-3-5-19(25)21(27)12-16/h2-5,12-13,18H,6-11,14H2,1H3,(H,28,32). The molecule has 1 saturated heterocycles. The number of benzene rings is 2. The molecule has 0 atom stereocenters. The fourth-order valence-electron chi connectivity index (χ4n) is 3.86. The second kappa shape index (κ2) is 10.2. The highest BCUT2D eigenvalue weighted by Gasteiger charge is 2.21. The molecule has 174 valence electrons. The smallest absolute Gasteiger partial charge is 0.227 e. The predicted molar refractivity (Wildman–Crippen MR) is 116 cm³/mol. The van der Waals surface area contributed by atoms with E-state index in [0.717, 1.165) is 37.6 Å². The number of hydrogen-bond acceptors (Lipinski definition) is 5. The van der Waals surface area contributed by atoms with Crippen LogP contribution in [-0.2, 0) is 17.8 Å². The zero-order valence-electron chi connectivity index (χ0n) is 18.3. The van der Waals surface area contributed by atoms with Crippen LogP contribution >= 0.6 is 0 Å². The van der Waals surface area contributed by atoms with Gasteiger partial charge in [0.15, 0.2) is 11.6 Å². The van der Waals surface area contributed by atoms with E-state index in [4.69, 9.17) is 4.52 Å². The molecule has 33 heavy (non-hydrogen) atoms. The van der Waals surface area contributed by atoms with Crippen molar-refractivity contribution < 1.29 is 22.5 Å². The third-order valence-electron chi connectivity index (χ3n) is 5.81. The van der Waals surface area contributed by atoms with E-state index >= 15 is 0 Å². The van der Waals surface area contributed by atoms with Gasteiger partial charge in [-0.15, -0.1) is 0 Å². The Morgan fingerprint density at radius 2 is 1.88 bits per heavy atom. The van der Waals surface area contributed by atoms with Gasteiger partial charge in [-0.25, -0.2) is 13.2 Å². The largest absolute Gasteiger partial charge is 0.353 e. The third-order valence-corrected chi connectivity index (χ3v) is 5.81. The number of amides is 1. The van der Waals surface area contributed by atoms with Crippen LogP contribution in [0.3, 0.4) is 0 Å². The highest BCUT2D eigenvalue weighted by atomic mass is 19.2. The molecule has 1 aromatic heterocycles. The summed E-state index contributed by atoms with van der Waals surface area (Å²) in [7, 11) is 0. The molecule has 1 N–H and O–H groups in total. The van der Waals surface area contributed by atoms with Gasteiger partial charge in [0.1, 0.15) is 5.82 Å². The quantitative estimate of drug-likeness (QED) is 0.575. The van der Waals surface area contributed by atoms with Crippen LogP contribution in [0.2, 0.25) is 0 Å². The van der Waals surface area contributed by atoms with Crippen molar-refractivity contribution in [1.82, 2.24) is 20.4 Å². The number of nitrogens with one attached hydrogen (secondary N) is 1. The van der Waals surface area contributed by atoms with E-state index in [1.165, 1.54) is 12.1 Å². The maximum atomic E-state index is 13.7. The number of aryl methyl sites for hydroxylation is 2. The Labute approximate surface area is 189 Å². The topological polar surface area (TPSA) is 71.3 Å². The molecule has 4 rings (SSSR count). The molecule has 0 saturated carbocycles. The fraction of sp³-hybridized carbons (Fsp3) is 0.375. The Morgan fingerprint density at radius 3 is 2.61 bits per heavy atom. The average Bonchev–Trinajstić information content (AvgIpc) is 3.27. The lowest BCUT2D eigenvalue weighted by atomic mass is 10.0. The summed E-state index contributed by atoms with van der Waals surface area (Å²) in [6, 6.07) is 8.74. The third kappa shape index (κ3) is 5.98. The van der Waals surface area contributed by atoms with Gasteiger partial charge >= 0.3 is 0 Å². The van der Waals surface area contributed by atoms with E-state index in [0.29, 0.717) is 30.0 Å². The molecule has 0 radical (unpaired) electrons. The SMILES string of the molecule is Cc1ccc(-c2noc(CCC(=O)NC3CCN(Cc4ccc(F)c(F)c4)CC3)n2)cc1F. The van der Waals surface area contributed by atoms with E-state index in [-0.39, 0.29) is 30.0 Å². The summed E-state index contributed by atoms with van der Waals surface area (Å²) < 4.78 is 45.4. The Kier molecular flexibility index (Phi) is 7.08. The molecular formula is C24H25F3N4O2. The van der Waals surface area contributed by atoms with Gasteiger partial charge in [-0.2, -0.15) is 4.98 Å². The highest BCUT2D eigenvalue weighted by Crippen LogP contribution is 2.20. The van der Waals surface area contributed by atoms with Gasteiger partial charge < -0.3 is 9.84 Å². The summed E-state index contributed by atoms with van der Waals surface area (Å²) in [5.41, 5.74) is 1.78. The van der Waals surface area contributed by atoms with Crippen LogP contribution in [0.15, 0.2) is 40.9 Å². The molecule has 2 aromatic carbocycles. The minimum atomic E-state index is -0.846. The molecule has 0 unspecified atom stereocenters. The number of hydrogen-bond donors (Lipinski definition) is 1. The Bertz CT molecular complexity index is 1130. The molecule has 0 bridgehead atoms. The highest BCUT2D eigenvalue weighted by molar-refractivity contribution is 5.76. The minimum absolute atomic E-state index is 0.0625. The van der Waals surface area contributed by atoms with Crippen LogP contribution in [0.4, 0.5) is 13.2 Å².